The van der Waals surface area contributed by atoms with Gasteiger partial charge < -0.3 is 0 Å². The van der Waals surface area contributed by atoms with Gasteiger partial charge in [0, 0.05) is 0 Å². The van der Waals surface area contributed by atoms with Crippen LogP contribution >= 0.6 is 11.3 Å². The Labute approximate surface area is 261 Å². The Bertz CT molecular complexity index is 1410. The van der Waals surface area contributed by atoms with Crippen molar-refractivity contribution in [1.29, 1.82) is 0 Å². The molecule has 0 fully saturated rings. The maximum absolute atomic E-state index is 3.67. The van der Waals surface area contributed by atoms with E-state index in [1.807, 2.05) is 6.07 Å². The normalized spacial score (nSPS) is 13.3. The van der Waals surface area contributed by atoms with E-state index in [9.17, 15) is 0 Å². The quantitative estimate of drug-likeness (QED) is 0.176. The zero-order valence-corrected chi connectivity index (χ0v) is 28.0. The van der Waals surface area contributed by atoms with E-state index in [1.165, 1.54) is 74.3 Å². The number of thiophene rings is 1. The van der Waals surface area contributed by atoms with Gasteiger partial charge in [0.2, 0.25) is 0 Å². The van der Waals surface area contributed by atoms with Gasteiger partial charge in [-0.2, -0.15) is 52.8 Å². The predicted molar refractivity (Wildman–Crippen MR) is 172 cm³/mol. The van der Waals surface area contributed by atoms with Gasteiger partial charge in [0.15, 0.2) is 0 Å². The zero-order chi connectivity index (χ0) is 28.8. The Morgan fingerprint density at radius 2 is 1.62 bits per heavy atom. The van der Waals surface area contributed by atoms with E-state index in [1.54, 1.807) is 11.3 Å². The van der Waals surface area contributed by atoms with Crippen molar-refractivity contribution in [3.8, 4) is 11.1 Å². The molecular formula is C38H40SZr. The zero-order valence-electron chi connectivity index (χ0n) is 24.8. The van der Waals surface area contributed by atoms with E-state index in [2.05, 4.69) is 141 Å². The molecule has 0 unspecified atom stereocenters. The van der Waals surface area contributed by atoms with Crippen molar-refractivity contribution in [1.82, 2.24) is 0 Å². The molecular weight excluding hydrogens is 580 g/mol. The molecule has 0 amide bonds. The minimum absolute atomic E-state index is 0.167. The van der Waals surface area contributed by atoms with E-state index in [0.29, 0.717) is 0 Å². The molecule has 0 saturated carbocycles. The van der Waals surface area contributed by atoms with Crippen molar-refractivity contribution in [2.45, 2.75) is 71.6 Å². The van der Waals surface area contributed by atoms with Crippen LogP contribution in [0.3, 0.4) is 0 Å². The van der Waals surface area contributed by atoms with E-state index in [0.717, 1.165) is 19.3 Å². The molecule has 3 aromatic carbocycles. The van der Waals surface area contributed by atoms with Gasteiger partial charge in [-0.25, -0.2) is 0 Å². The van der Waals surface area contributed by atoms with Crippen molar-refractivity contribution in [3.05, 3.63) is 135 Å². The van der Waals surface area contributed by atoms with Gasteiger partial charge in [0.05, 0.1) is 0 Å². The van der Waals surface area contributed by atoms with Crippen LogP contribution < -0.4 is 0 Å². The number of hydrogen-bond donors (Lipinski definition) is 0. The average molecular weight is 620 g/mol. The second kappa shape index (κ2) is 13.5. The summed E-state index contributed by atoms with van der Waals surface area (Å²) >= 11 is 3.24. The molecule has 0 atom stereocenters. The van der Waals surface area contributed by atoms with Gasteiger partial charge in [0.1, 0.15) is 0 Å². The number of fused-ring (bicyclic) bond motifs is 3. The van der Waals surface area contributed by atoms with Gasteiger partial charge in [-0.1, -0.05) is 83.2 Å². The van der Waals surface area contributed by atoms with Crippen LogP contribution in [0.4, 0.5) is 0 Å². The van der Waals surface area contributed by atoms with Crippen molar-refractivity contribution >= 4 is 20.6 Å². The summed E-state index contributed by atoms with van der Waals surface area (Å²) in [4.78, 5) is 0. The molecule has 0 aliphatic heterocycles. The Morgan fingerprint density at radius 1 is 0.875 bits per heavy atom. The van der Waals surface area contributed by atoms with Gasteiger partial charge in [-0.15, -0.1) is 22.8 Å². The Balaban J connectivity index is 0.000000161. The van der Waals surface area contributed by atoms with E-state index >= 15 is 0 Å². The van der Waals surface area contributed by atoms with Crippen LogP contribution in [0.15, 0.2) is 89.6 Å². The number of rotatable bonds is 3. The predicted octanol–water partition coefficient (Wildman–Crippen LogP) is 10.1. The van der Waals surface area contributed by atoms with Gasteiger partial charge in [-0.3, -0.25) is 0 Å². The third-order valence-corrected chi connectivity index (χ3v) is 8.36. The maximum atomic E-state index is 3.67. The second-order valence-electron chi connectivity index (χ2n) is 12.4. The summed E-state index contributed by atoms with van der Waals surface area (Å²) in [6.07, 6.45) is 10.7. The monoisotopic (exact) mass is 618 g/mol. The first-order valence-corrected chi connectivity index (χ1v) is 16.4. The summed E-state index contributed by atoms with van der Waals surface area (Å²) in [6, 6.07) is 27.8. The third kappa shape index (κ3) is 8.08. The molecule has 202 valence electrons. The first-order chi connectivity index (χ1) is 19.1. The van der Waals surface area contributed by atoms with Crippen LogP contribution in [0.1, 0.15) is 81.3 Å². The second-order valence-corrected chi connectivity index (χ2v) is 14.2. The molecule has 0 spiro atoms. The van der Waals surface area contributed by atoms with Gasteiger partial charge >= 0.3 is 70.3 Å². The standard InChI is InChI=1S/C21H25.C9H7S.C8H8.Zr/c1-20(2,3)16-7-9-18-14(12-16)11-15-13-17(21(4,5)6)8-10-19(15)18;1-2-4-8(3-1)9-5-6-10-7-9;1-2-8-6-4-3-5-7-8;/h7-10,12H,11H2,1-6H3;1,3,5-7H,2H2;1,3-7H,2H2;/q2*-1;;+2. The molecule has 2 heteroatoms. The summed E-state index contributed by atoms with van der Waals surface area (Å²) in [5, 5.41) is 4.24. The summed E-state index contributed by atoms with van der Waals surface area (Å²) in [7, 11) is 0. The van der Waals surface area contributed by atoms with Crippen molar-refractivity contribution in [2.75, 3.05) is 0 Å². The fourth-order valence-electron chi connectivity index (χ4n) is 4.78. The van der Waals surface area contributed by atoms with Crippen molar-refractivity contribution in [2.24, 2.45) is 0 Å². The Kier molecular flexibility index (Phi) is 10.3. The molecule has 0 N–H and O–H groups in total. The van der Waals surface area contributed by atoms with Crippen LogP contribution in [0, 0.1) is 12.1 Å². The molecule has 1 aromatic heterocycles. The van der Waals surface area contributed by atoms with E-state index < -0.39 is 0 Å². The SMILES string of the molecule is CC(C)(C)c1[c-]c2c(cc1)-c1ccc(C(C)(C)C)cc1C2.[C-]1=C(c2ccsc2)C=CC1.[Zr+2]=[CH]Cc1ccccc1. The molecule has 0 nitrogen and oxygen atoms in total. The van der Waals surface area contributed by atoms with E-state index in [4.69, 9.17) is 0 Å². The van der Waals surface area contributed by atoms with Gasteiger partial charge in [0.25, 0.3) is 0 Å². The molecule has 4 aromatic rings. The van der Waals surface area contributed by atoms with Crippen LogP contribution in [0.5, 0.6) is 0 Å². The molecule has 0 saturated heterocycles. The van der Waals surface area contributed by atoms with Gasteiger partial charge in [-0.05, 0) is 33.8 Å². The van der Waals surface area contributed by atoms with Crippen LogP contribution in [-0.4, -0.2) is 3.71 Å². The molecule has 40 heavy (non-hydrogen) atoms. The Morgan fingerprint density at radius 3 is 2.23 bits per heavy atom. The fraction of sp³-hybridized carbons (Fsp3) is 0.289. The summed E-state index contributed by atoms with van der Waals surface area (Å²) in [6.45, 7) is 13.6. The Hall–Kier alpha value is -2.41. The first-order valence-electron chi connectivity index (χ1n) is 14.1. The molecule has 1 heterocycles. The molecule has 2 aliphatic rings. The molecule has 0 radical (unpaired) electrons. The topological polar surface area (TPSA) is 0 Å². The number of allylic oxidation sites excluding steroid dienone is 4. The molecule has 0 bridgehead atoms. The fourth-order valence-corrected chi connectivity index (χ4v) is 6.02. The molecule has 6 rings (SSSR count). The number of hydrogen-bond acceptors (Lipinski definition) is 1. The van der Waals surface area contributed by atoms with Crippen molar-refractivity contribution in [3.63, 3.8) is 0 Å². The first kappa shape index (κ1) is 30.5. The minimum atomic E-state index is 0.167. The van der Waals surface area contributed by atoms with Crippen LogP contribution in [-0.2, 0) is 47.9 Å². The molecule has 2 aliphatic carbocycles. The summed E-state index contributed by atoms with van der Waals surface area (Å²) < 4.78 is 2.25. The number of benzene rings is 3. The average Bonchev–Trinajstić information content (AvgIpc) is 3.69. The van der Waals surface area contributed by atoms with Crippen LogP contribution in [0.2, 0.25) is 0 Å². The van der Waals surface area contributed by atoms with Crippen molar-refractivity contribution < 1.29 is 24.2 Å². The van der Waals surface area contributed by atoms with Crippen LogP contribution in [0.25, 0.3) is 16.7 Å². The third-order valence-electron chi connectivity index (χ3n) is 7.17. The van der Waals surface area contributed by atoms with E-state index in [-0.39, 0.29) is 10.8 Å². The summed E-state index contributed by atoms with van der Waals surface area (Å²) in [5.41, 5.74) is 12.7. The summed E-state index contributed by atoms with van der Waals surface area (Å²) in [5.74, 6) is 0.